The molecular weight excluding hydrogens is 220 g/mol. The molecule has 0 aliphatic carbocycles. The molecule has 0 atom stereocenters. The molecule has 1 aromatic carbocycles. The summed E-state index contributed by atoms with van der Waals surface area (Å²) in [5.41, 5.74) is 1.05. The van der Waals surface area contributed by atoms with Gasteiger partial charge in [0.2, 0.25) is 0 Å². The molecule has 0 heterocycles. The van der Waals surface area contributed by atoms with Crippen LogP contribution in [0.25, 0.3) is 0 Å². The van der Waals surface area contributed by atoms with Gasteiger partial charge >= 0.3 is 0 Å². The Bertz CT molecular complexity index is 387. The van der Waals surface area contributed by atoms with Crippen molar-refractivity contribution in [2.75, 3.05) is 27.3 Å². The van der Waals surface area contributed by atoms with E-state index in [2.05, 4.69) is 10.6 Å². The summed E-state index contributed by atoms with van der Waals surface area (Å²) >= 11 is 0. The van der Waals surface area contributed by atoms with Crippen molar-refractivity contribution in [1.82, 2.24) is 10.6 Å². The number of benzene rings is 1. The second kappa shape index (κ2) is 6.65. The molecule has 0 aliphatic rings. The lowest BCUT2D eigenvalue weighted by atomic mass is 10.1. The van der Waals surface area contributed by atoms with Crippen molar-refractivity contribution in [3.8, 4) is 0 Å². The predicted molar refractivity (Wildman–Crippen MR) is 64.0 cm³/mol. The summed E-state index contributed by atoms with van der Waals surface area (Å²) in [4.78, 5) is 22.9. The molecule has 0 saturated carbocycles. The standard InChI is InChI=1S/C12H16N2O3/c1-13-11(15)9-3-5-10(6-4-9)12(16)14-7-8-17-2/h3-6H,7-8H2,1-2H3,(H,13,15)(H,14,16). The van der Waals surface area contributed by atoms with E-state index >= 15 is 0 Å². The number of carbonyl (C=O) groups excluding carboxylic acids is 2. The highest BCUT2D eigenvalue weighted by Gasteiger charge is 2.06. The summed E-state index contributed by atoms with van der Waals surface area (Å²) in [6, 6.07) is 6.47. The van der Waals surface area contributed by atoms with Crippen molar-refractivity contribution in [3.63, 3.8) is 0 Å². The molecule has 5 nitrogen and oxygen atoms in total. The molecule has 0 aliphatic heterocycles. The summed E-state index contributed by atoms with van der Waals surface area (Å²) in [5, 5.41) is 5.21. The maximum absolute atomic E-state index is 11.6. The largest absolute Gasteiger partial charge is 0.383 e. The Morgan fingerprint density at radius 3 is 2.12 bits per heavy atom. The maximum atomic E-state index is 11.6. The number of nitrogens with one attached hydrogen (secondary N) is 2. The third kappa shape index (κ3) is 3.88. The Labute approximate surface area is 100 Å². The quantitative estimate of drug-likeness (QED) is 0.728. The van der Waals surface area contributed by atoms with Crippen molar-refractivity contribution in [2.45, 2.75) is 0 Å². The maximum Gasteiger partial charge on any atom is 0.251 e. The second-order valence-electron chi connectivity index (χ2n) is 3.41. The molecule has 0 bridgehead atoms. The lowest BCUT2D eigenvalue weighted by molar-refractivity contribution is 0.0932. The van der Waals surface area contributed by atoms with E-state index < -0.39 is 0 Å². The van der Waals surface area contributed by atoms with Crippen LogP contribution in [0.5, 0.6) is 0 Å². The Balaban J connectivity index is 2.61. The van der Waals surface area contributed by atoms with Crippen LogP contribution in [0.1, 0.15) is 20.7 Å². The lowest BCUT2D eigenvalue weighted by Gasteiger charge is -2.05. The fourth-order valence-electron chi connectivity index (χ4n) is 1.29. The van der Waals surface area contributed by atoms with E-state index in [4.69, 9.17) is 4.74 Å². The average Bonchev–Trinajstić information content (AvgIpc) is 2.38. The molecule has 2 N–H and O–H groups in total. The first kappa shape index (κ1) is 13.2. The molecule has 92 valence electrons. The fourth-order valence-corrected chi connectivity index (χ4v) is 1.29. The van der Waals surface area contributed by atoms with E-state index in [1.54, 1.807) is 38.4 Å². The van der Waals surface area contributed by atoms with Crippen LogP contribution in [0.4, 0.5) is 0 Å². The van der Waals surface area contributed by atoms with Gasteiger partial charge in [0.05, 0.1) is 6.61 Å². The van der Waals surface area contributed by atoms with Gasteiger partial charge < -0.3 is 15.4 Å². The number of amides is 2. The fraction of sp³-hybridized carbons (Fsp3) is 0.333. The van der Waals surface area contributed by atoms with Crippen LogP contribution in [0.15, 0.2) is 24.3 Å². The van der Waals surface area contributed by atoms with Crippen molar-refractivity contribution < 1.29 is 14.3 Å². The topological polar surface area (TPSA) is 67.4 Å². The molecule has 1 rings (SSSR count). The van der Waals surface area contributed by atoms with Gasteiger partial charge in [0, 0.05) is 31.8 Å². The van der Waals surface area contributed by atoms with Crippen LogP contribution < -0.4 is 10.6 Å². The first-order valence-corrected chi connectivity index (χ1v) is 5.28. The number of ether oxygens (including phenoxy) is 1. The average molecular weight is 236 g/mol. The Hall–Kier alpha value is -1.88. The van der Waals surface area contributed by atoms with Crippen molar-refractivity contribution >= 4 is 11.8 Å². The van der Waals surface area contributed by atoms with Crippen molar-refractivity contribution in [2.24, 2.45) is 0 Å². The third-order valence-corrected chi connectivity index (χ3v) is 2.23. The number of methoxy groups -OCH3 is 1. The van der Waals surface area contributed by atoms with Gasteiger partial charge in [0.15, 0.2) is 0 Å². The smallest absolute Gasteiger partial charge is 0.251 e. The second-order valence-corrected chi connectivity index (χ2v) is 3.41. The van der Waals surface area contributed by atoms with E-state index in [1.807, 2.05) is 0 Å². The van der Waals surface area contributed by atoms with Gasteiger partial charge in [-0.25, -0.2) is 0 Å². The van der Waals surface area contributed by atoms with Crippen LogP contribution in [-0.2, 0) is 4.74 Å². The van der Waals surface area contributed by atoms with Crippen molar-refractivity contribution in [1.29, 1.82) is 0 Å². The van der Waals surface area contributed by atoms with E-state index in [0.29, 0.717) is 24.3 Å². The highest BCUT2D eigenvalue weighted by Crippen LogP contribution is 2.04. The SMILES string of the molecule is CNC(=O)c1ccc(C(=O)NCCOC)cc1. The molecule has 17 heavy (non-hydrogen) atoms. The van der Waals surface area contributed by atoms with Crippen LogP contribution in [-0.4, -0.2) is 39.1 Å². The third-order valence-electron chi connectivity index (χ3n) is 2.23. The number of rotatable bonds is 5. The highest BCUT2D eigenvalue weighted by atomic mass is 16.5. The minimum atomic E-state index is -0.175. The zero-order valence-corrected chi connectivity index (χ0v) is 9.95. The normalized spacial score (nSPS) is 9.76. The molecule has 0 unspecified atom stereocenters. The van der Waals surface area contributed by atoms with E-state index in [-0.39, 0.29) is 11.8 Å². The van der Waals surface area contributed by atoms with Gasteiger partial charge in [-0.2, -0.15) is 0 Å². The Morgan fingerprint density at radius 1 is 1.12 bits per heavy atom. The summed E-state index contributed by atoms with van der Waals surface area (Å²) in [6.45, 7) is 0.939. The summed E-state index contributed by atoms with van der Waals surface area (Å²) in [6.07, 6.45) is 0. The number of hydrogen-bond donors (Lipinski definition) is 2. The number of hydrogen-bond acceptors (Lipinski definition) is 3. The molecule has 2 amide bonds. The first-order valence-electron chi connectivity index (χ1n) is 5.28. The van der Waals surface area contributed by atoms with Crippen LogP contribution in [0.3, 0.4) is 0 Å². The minimum absolute atomic E-state index is 0.170. The van der Waals surface area contributed by atoms with Gasteiger partial charge in [-0.1, -0.05) is 0 Å². The first-order chi connectivity index (χ1) is 8.19. The Morgan fingerprint density at radius 2 is 1.65 bits per heavy atom. The van der Waals surface area contributed by atoms with Gasteiger partial charge in [-0.05, 0) is 24.3 Å². The molecule has 5 heteroatoms. The van der Waals surface area contributed by atoms with Crippen molar-refractivity contribution in [3.05, 3.63) is 35.4 Å². The molecular formula is C12H16N2O3. The molecule has 0 fully saturated rings. The minimum Gasteiger partial charge on any atom is -0.383 e. The van der Waals surface area contributed by atoms with E-state index in [1.165, 1.54) is 0 Å². The molecule has 0 spiro atoms. The zero-order valence-electron chi connectivity index (χ0n) is 9.95. The predicted octanol–water partition coefficient (Wildman–Crippen LogP) is 0.422. The van der Waals surface area contributed by atoms with Crippen LogP contribution in [0, 0.1) is 0 Å². The molecule has 0 saturated heterocycles. The van der Waals surface area contributed by atoms with Gasteiger partial charge in [0.1, 0.15) is 0 Å². The van der Waals surface area contributed by atoms with Crippen LogP contribution in [0.2, 0.25) is 0 Å². The molecule has 0 radical (unpaired) electrons. The van der Waals surface area contributed by atoms with Gasteiger partial charge in [-0.3, -0.25) is 9.59 Å². The van der Waals surface area contributed by atoms with Crippen LogP contribution >= 0.6 is 0 Å². The van der Waals surface area contributed by atoms with E-state index in [0.717, 1.165) is 0 Å². The monoisotopic (exact) mass is 236 g/mol. The summed E-state index contributed by atoms with van der Waals surface area (Å²) in [7, 11) is 3.14. The lowest BCUT2D eigenvalue weighted by Crippen LogP contribution is -2.27. The molecule has 1 aromatic rings. The molecule has 0 aromatic heterocycles. The summed E-state index contributed by atoms with van der Waals surface area (Å²) < 4.78 is 4.83. The highest BCUT2D eigenvalue weighted by molar-refractivity contribution is 5.97. The Kier molecular flexibility index (Phi) is 5.16. The summed E-state index contributed by atoms with van der Waals surface area (Å²) in [5.74, 6) is -0.346. The van der Waals surface area contributed by atoms with Gasteiger partial charge in [-0.15, -0.1) is 0 Å². The van der Waals surface area contributed by atoms with E-state index in [9.17, 15) is 9.59 Å². The van der Waals surface area contributed by atoms with Gasteiger partial charge in [0.25, 0.3) is 11.8 Å². The number of carbonyl (C=O) groups is 2. The zero-order chi connectivity index (χ0) is 12.7.